The largest absolute Gasteiger partial charge is 0.375 e. The van der Waals surface area contributed by atoms with Crippen molar-refractivity contribution in [3.63, 3.8) is 0 Å². The molecule has 8 heteroatoms. The Morgan fingerprint density at radius 3 is 2.58 bits per heavy atom. The molecule has 24 heavy (non-hydrogen) atoms. The molecule has 0 heterocycles. The van der Waals surface area contributed by atoms with Crippen LogP contribution in [0.5, 0.6) is 0 Å². The van der Waals surface area contributed by atoms with Gasteiger partial charge in [-0.25, -0.2) is 8.42 Å². The van der Waals surface area contributed by atoms with Crippen molar-refractivity contribution in [3.8, 4) is 0 Å². The zero-order chi connectivity index (χ0) is 18.0. The molecular weight excluding hydrogens is 350 g/mol. The van der Waals surface area contributed by atoms with Crippen LogP contribution in [0.1, 0.15) is 18.9 Å². The van der Waals surface area contributed by atoms with Crippen molar-refractivity contribution in [2.24, 2.45) is 4.99 Å². The second-order valence-electron chi connectivity index (χ2n) is 5.64. The smallest absolute Gasteiger partial charge is 0.191 e. The summed E-state index contributed by atoms with van der Waals surface area (Å²) in [6.45, 7) is 3.58. The maximum Gasteiger partial charge on any atom is 0.191 e. The number of guanidine groups is 1. The lowest BCUT2D eigenvalue weighted by Gasteiger charge is -2.17. The van der Waals surface area contributed by atoms with Gasteiger partial charge in [0.2, 0.25) is 0 Å². The van der Waals surface area contributed by atoms with E-state index < -0.39 is 9.84 Å². The maximum absolute atomic E-state index is 11.2. The van der Waals surface area contributed by atoms with Gasteiger partial charge in [0.1, 0.15) is 9.84 Å². The average molecular weight is 376 g/mol. The van der Waals surface area contributed by atoms with Gasteiger partial charge in [0.25, 0.3) is 0 Å². The Balaban J connectivity index is 2.20. The highest BCUT2D eigenvalue weighted by Gasteiger charge is 2.09. The summed E-state index contributed by atoms with van der Waals surface area (Å²) < 4.78 is 27.9. The summed E-state index contributed by atoms with van der Waals surface area (Å²) >= 11 is 5.83. The molecule has 1 aromatic carbocycles. The lowest BCUT2D eigenvalue weighted by atomic mass is 10.2. The van der Waals surface area contributed by atoms with E-state index in [1.807, 2.05) is 31.2 Å². The van der Waals surface area contributed by atoms with Crippen LogP contribution in [0.3, 0.4) is 0 Å². The standard InChI is InChI=1S/C16H26ClN3O3S/c1-13(8-11-24(3,21)22)20-16(18-2)19-9-10-23-12-14-4-6-15(17)7-5-14/h4-7,13H,8-12H2,1-3H3,(H2,18,19,20). The molecule has 136 valence electrons. The number of aliphatic imine (C=N–C) groups is 1. The molecule has 0 amide bonds. The van der Waals surface area contributed by atoms with Crippen molar-refractivity contribution < 1.29 is 13.2 Å². The van der Waals surface area contributed by atoms with Gasteiger partial charge in [-0.1, -0.05) is 23.7 Å². The molecule has 0 spiro atoms. The van der Waals surface area contributed by atoms with Gasteiger partial charge in [0.15, 0.2) is 5.96 Å². The molecule has 2 N–H and O–H groups in total. The zero-order valence-electron chi connectivity index (χ0n) is 14.4. The summed E-state index contributed by atoms with van der Waals surface area (Å²) in [6.07, 6.45) is 1.78. The van der Waals surface area contributed by atoms with E-state index >= 15 is 0 Å². The molecule has 0 saturated heterocycles. The molecule has 0 bridgehead atoms. The van der Waals surface area contributed by atoms with Gasteiger partial charge in [0, 0.05) is 30.9 Å². The molecule has 0 aliphatic heterocycles. The quantitative estimate of drug-likeness (QED) is 0.391. The summed E-state index contributed by atoms with van der Waals surface area (Å²) in [4.78, 5) is 4.11. The number of rotatable bonds is 9. The van der Waals surface area contributed by atoms with Crippen LogP contribution < -0.4 is 10.6 Å². The van der Waals surface area contributed by atoms with Gasteiger partial charge in [-0.3, -0.25) is 4.99 Å². The fourth-order valence-corrected chi connectivity index (χ4v) is 2.81. The van der Waals surface area contributed by atoms with Gasteiger partial charge < -0.3 is 15.4 Å². The zero-order valence-corrected chi connectivity index (χ0v) is 16.0. The van der Waals surface area contributed by atoms with Crippen molar-refractivity contribution in [2.45, 2.75) is 26.0 Å². The summed E-state index contributed by atoms with van der Waals surface area (Å²) in [5.74, 6) is 0.786. The van der Waals surface area contributed by atoms with Crippen LogP contribution in [0.2, 0.25) is 5.02 Å². The minimum absolute atomic E-state index is 0.0147. The average Bonchev–Trinajstić information content (AvgIpc) is 2.52. The SMILES string of the molecule is CN=C(NCCOCc1ccc(Cl)cc1)NC(C)CCS(C)(=O)=O. The molecule has 1 rings (SSSR count). The van der Waals surface area contributed by atoms with Crippen molar-refractivity contribution in [2.75, 3.05) is 32.2 Å². The third-order valence-electron chi connectivity index (χ3n) is 3.25. The van der Waals surface area contributed by atoms with E-state index in [0.29, 0.717) is 37.2 Å². The molecular formula is C16H26ClN3O3S. The fraction of sp³-hybridized carbons (Fsp3) is 0.562. The minimum atomic E-state index is -2.94. The van der Waals surface area contributed by atoms with Crippen molar-refractivity contribution in [1.29, 1.82) is 0 Å². The van der Waals surface area contributed by atoms with E-state index in [4.69, 9.17) is 16.3 Å². The summed E-state index contributed by atoms with van der Waals surface area (Å²) in [6, 6.07) is 7.55. The summed E-state index contributed by atoms with van der Waals surface area (Å²) in [5, 5.41) is 7.00. The van der Waals surface area contributed by atoms with Gasteiger partial charge in [-0.15, -0.1) is 0 Å². The molecule has 0 fully saturated rings. The first kappa shape index (κ1) is 20.7. The Labute approximate surface area is 149 Å². The van der Waals surface area contributed by atoms with E-state index in [1.165, 1.54) is 6.26 Å². The number of ether oxygens (including phenoxy) is 1. The van der Waals surface area contributed by atoms with Crippen molar-refractivity contribution in [3.05, 3.63) is 34.9 Å². The molecule has 1 atom stereocenters. The normalized spacial score (nSPS) is 13.6. The van der Waals surface area contributed by atoms with E-state index in [1.54, 1.807) is 7.05 Å². The Hall–Kier alpha value is -1.31. The molecule has 1 aromatic rings. The predicted octanol–water partition coefficient (Wildman–Crippen LogP) is 1.84. The van der Waals surface area contributed by atoms with Crippen LogP contribution in [-0.2, 0) is 21.2 Å². The highest BCUT2D eigenvalue weighted by molar-refractivity contribution is 7.90. The van der Waals surface area contributed by atoms with E-state index in [0.717, 1.165) is 5.56 Å². The number of benzene rings is 1. The third kappa shape index (κ3) is 9.75. The lowest BCUT2D eigenvalue weighted by Crippen LogP contribution is -2.43. The molecule has 0 aromatic heterocycles. The lowest BCUT2D eigenvalue weighted by molar-refractivity contribution is 0.125. The summed E-state index contributed by atoms with van der Waals surface area (Å²) in [5.41, 5.74) is 1.07. The Morgan fingerprint density at radius 2 is 2.00 bits per heavy atom. The number of sulfone groups is 1. The number of hydrogen-bond acceptors (Lipinski definition) is 4. The first-order valence-electron chi connectivity index (χ1n) is 7.77. The Morgan fingerprint density at radius 1 is 1.33 bits per heavy atom. The molecule has 0 aliphatic rings. The van der Waals surface area contributed by atoms with E-state index in [-0.39, 0.29) is 11.8 Å². The van der Waals surface area contributed by atoms with Gasteiger partial charge >= 0.3 is 0 Å². The highest BCUT2D eigenvalue weighted by Crippen LogP contribution is 2.09. The Kier molecular flexibility index (Phi) is 9.10. The van der Waals surface area contributed by atoms with Crippen LogP contribution in [0.4, 0.5) is 0 Å². The third-order valence-corrected chi connectivity index (χ3v) is 4.48. The molecule has 0 saturated carbocycles. The first-order chi connectivity index (χ1) is 11.3. The van der Waals surface area contributed by atoms with Crippen LogP contribution in [0.25, 0.3) is 0 Å². The predicted molar refractivity (Wildman–Crippen MR) is 99.4 cm³/mol. The van der Waals surface area contributed by atoms with Crippen molar-refractivity contribution >= 4 is 27.4 Å². The van der Waals surface area contributed by atoms with E-state index in [9.17, 15) is 8.42 Å². The molecule has 6 nitrogen and oxygen atoms in total. The van der Waals surface area contributed by atoms with Crippen LogP contribution in [-0.4, -0.2) is 52.6 Å². The van der Waals surface area contributed by atoms with Crippen LogP contribution in [0.15, 0.2) is 29.3 Å². The second kappa shape index (κ2) is 10.5. The first-order valence-corrected chi connectivity index (χ1v) is 10.2. The monoisotopic (exact) mass is 375 g/mol. The van der Waals surface area contributed by atoms with Crippen LogP contribution in [0, 0.1) is 0 Å². The summed E-state index contributed by atoms with van der Waals surface area (Å²) in [7, 11) is -1.27. The topological polar surface area (TPSA) is 79.8 Å². The van der Waals surface area contributed by atoms with Gasteiger partial charge in [-0.2, -0.15) is 0 Å². The number of nitrogens with zero attached hydrogens (tertiary/aromatic N) is 1. The fourth-order valence-electron chi connectivity index (χ4n) is 1.90. The highest BCUT2D eigenvalue weighted by atomic mass is 35.5. The molecule has 1 unspecified atom stereocenters. The number of hydrogen-bond donors (Lipinski definition) is 2. The van der Waals surface area contributed by atoms with Crippen molar-refractivity contribution in [1.82, 2.24) is 10.6 Å². The molecule has 0 radical (unpaired) electrons. The number of halogens is 1. The number of nitrogens with one attached hydrogen (secondary N) is 2. The maximum atomic E-state index is 11.2. The van der Waals surface area contributed by atoms with Crippen LogP contribution >= 0.6 is 11.6 Å². The van der Waals surface area contributed by atoms with Gasteiger partial charge in [-0.05, 0) is 31.0 Å². The second-order valence-corrected chi connectivity index (χ2v) is 8.34. The van der Waals surface area contributed by atoms with E-state index in [2.05, 4.69) is 15.6 Å². The molecule has 0 aliphatic carbocycles. The Bertz CT molecular complexity index is 618. The minimum Gasteiger partial charge on any atom is -0.375 e. The van der Waals surface area contributed by atoms with Gasteiger partial charge in [0.05, 0.1) is 19.0 Å².